The smallest absolute Gasteiger partial charge is 0.270 e. The van der Waals surface area contributed by atoms with Crippen LogP contribution in [0.15, 0.2) is 72.1 Å². The van der Waals surface area contributed by atoms with Crippen LogP contribution in [0, 0.1) is 0 Å². The number of benzene rings is 3. The molecule has 5 nitrogen and oxygen atoms in total. The standard InChI is InChI=1S/C26H22Cl2N2O3S/c1-32-21-8-2-17(3-9-21)12-13-29-25(31)24-16-34-26(30-24)18-5-10-22(11-6-18)33-15-19-4-7-20(27)14-23(19)28/h2-11,14,16H,12-13,15H2,1H3,(H,29,31). The number of rotatable bonds is 9. The van der Waals surface area contributed by atoms with Crippen LogP contribution in [-0.4, -0.2) is 24.5 Å². The van der Waals surface area contributed by atoms with E-state index in [0.717, 1.165) is 33.9 Å². The van der Waals surface area contributed by atoms with Crippen LogP contribution in [0.3, 0.4) is 0 Å². The van der Waals surface area contributed by atoms with Gasteiger partial charge in [0.25, 0.3) is 5.91 Å². The Labute approximate surface area is 212 Å². The topological polar surface area (TPSA) is 60.5 Å². The van der Waals surface area contributed by atoms with E-state index in [4.69, 9.17) is 32.7 Å². The number of carbonyl (C=O) groups excluding carboxylic acids is 1. The second kappa shape index (κ2) is 11.4. The predicted octanol–water partition coefficient (Wildman–Crippen LogP) is 6.68. The van der Waals surface area contributed by atoms with Crippen LogP contribution < -0.4 is 14.8 Å². The highest BCUT2D eigenvalue weighted by atomic mass is 35.5. The van der Waals surface area contributed by atoms with E-state index in [0.29, 0.717) is 34.6 Å². The zero-order valence-corrected chi connectivity index (χ0v) is 20.7. The molecule has 0 fully saturated rings. The van der Waals surface area contributed by atoms with Crippen molar-refractivity contribution in [1.29, 1.82) is 0 Å². The fraction of sp³-hybridized carbons (Fsp3) is 0.154. The van der Waals surface area contributed by atoms with Crippen LogP contribution in [0.25, 0.3) is 10.6 Å². The minimum absolute atomic E-state index is 0.184. The summed E-state index contributed by atoms with van der Waals surface area (Å²) < 4.78 is 11.0. The third kappa shape index (κ3) is 6.29. The quantitative estimate of drug-likeness (QED) is 0.271. The van der Waals surface area contributed by atoms with E-state index in [9.17, 15) is 4.79 Å². The third-order valence-corrected chi connectivity index (χ3v) is 6.58. The molecule has 4 rings (SSSR count). The first-order valence-electron chi connectivity index (χ1n) is 10.6. The summed E-state index contributed by atoms with van der Waals surface area (Å²) in [5.41, 5.74) is 3.31. The number of amides is 1. The molecule has 0 bridgehead atoms. The zero-order valence-electron chi connectivity index (χ0n) is 18.4. The first kappa shape index (κ1) is 24.1. The van der Waals surface area contributed by atoms with Crippen molar-refractivity contribution in [3.05, 3.63) is 99.0 Å². The number of carbonyl (C=O) groups is 1. The Morgan fingerprint density at radius 3 is 2.44 bits per heavy atom. The number of halogens is 2. The fourth-order valence-electron chi connectivity index (χ4n) is 3.21. The van der Waals surface area contributed by atoms with Crippen molar-refractivity contribution in [2.24, 2.45) is 0 Å². The van der Waals surface area contributed by atoms with Gasteiger partial charge in [0.05, 0.1) is 7.11 Å². The molecule has 4 aromatic rings. The predicted molar refractivity (Wildman–Crippen MR) is 137 cm³/mol. The minimum atomic E-state index is -0.184. The maximum Gasteiger partial charge on any atom is 0.270 e. The van der Waals surface area contributed by atoms with Gasteiger partial charge in [-0.3, -0.25) is 4.79 Å². The Hall–Kier alpha value is -3.06. The van der Waals surface area contributed by atoms with Crippen LogP contribution in [-0.2, 0) is 13.0 Å². The lowest BCUT2D eigenvalue weighted by Crippen LogP contribution is -2.25. The molecule has 174 valence electrons. The monoisotopic (exact) mass is 512 g/mol. The van der Waals surface area contributed by atoms with E-state index in [1.54, 1.807) is 24.6 Å². The van der Waals surface area contributed by atoms with Gasteiger partial charge in [0.2, 0.25) is 0 Å². The van der Waals surface area contributed by atoms with Crippen molar-refractivity contribution in [3.63, 3.8) is 0 Å². The number of methoxy groups -OCH3 is 1. The summed E-state index contributed by atoms with van der Waals surface area (Å²) >= 11 is 13.6. The molecule has 1 heterocycles. The highest BCUT2D eigenvalue weighted by Crippen LogP contribution is 2.27. The van der Waals surface area contributed by atoms with Crippen molar-refractivity contribution in [1.82, 2.24) is 10.3 Å². The molecular weight excluding hydrogens is 491 g/mol. The summed E-state index contributed by atoms with van der Waals surface area (Å²) in [4.78, 5) is 17.0. The molecule has 0 aliphatic rings. The van der Waals surface area contributed by atoms with Gasteiger partial charge < -0.3 is 14.8 Å². The molecule has 0 unspecified atom stereocenters. The largest absolute Gasteiger partial charge is 0.497 e. The van der Waals surface area contributed by atoms with E-state index >= 15 is 0 Å². The van der Waals surface area contributed by atoms with E-state index in [1.165, 1.54) is 11.3 Å². The number of hydrogen-bond acceptors (Lipinski definition) is 5. The number of thiazole rings is 1. The van der Waals surface area contributed by atoms with E-state index in [-0.39, 0.29) is 5.91 Å². The van der Waals surface area contributed by atoms with E-state index in [2.05, 4.69) is 10.3 Å². The molecule has 1 aromatic heterocycles. The highest BCUT2D eigenvalue weighted by Gasteiger charge is 2.12. The number of aromatic nitrogens is 1. The van der Waals surface area contributed by atoms with Gasteiger partial charge in [-0.2, -0.15) is 0 Å². The van der Waals surface area contributed by atoms with Gasteiger partial charge in [0, 0.05) is 33.1 Å². The second-order valence-electron chi connectivity index (χ2n) is 7.44. The summed E-state index contributed by atoms with van der Waals surface area (Å²) in [6, 6.07) is 20.7. The average Bonchev–Trinajstić information content (AvgIpc) is 3.35. The van der Waals surface area contributed by atoms with Gasteiger partial charge in [0.1, 0.15) is 28.8 Å². The lowest BCUT2D eigenvalue weighted by Gasteiger charge is -2.08. The number of nitrogens with one attached hydrogen (secondary N) is 1. The Bertz CT molecular complexity index is 1260. The molecule has 1 N–H and O–H groups in total. The van der Waals surface area contributed by atoms with E-state index < -0.39 is 0 Å². The summed E-state index contributed by atoms with van der Waals surface area (Å²) in [6.07, 6.45) is 0.732. The molecule has 0 spiro atoms. The van der Waals surface area contributed by atoms with Gasteiger partial charge >= 0.3 is 0 Å². The Morgan fingerprint density at radius 1 is 1.00 bits per heavy atom. The maximum atomic E-state index is 12.5. The second-order valence-corrected chi connectivity index (χ2v) is 9.14. The van der Waals surface area contributed by atoms with E-state index in [1.807, 2.05) is 54.6 Å². The first-order chi connectivity index (χ1) is 16.5. The van der Waals surface area contributed by atoms with Gasteiger partial charge in [-0.15, -0.1) is 11.3 Å². The van der Waals surface area contributed by atoms with Gasteiger partial charge in [-0.1, -0.05) is 41.4 Å². The van der Waals surface area contributed by atoms with Crippen LogP contribution in [0.1, 0.15) is 21.6 Å². The Kier molecular flexibility index (Phi) is 8.06. The molecule has 3 aromatic carbocycles. The number of hydrogen-bond donors (Lipinski definition) is 1. The van der Waals surface area contributed by atoms with Crippen LogP contribution in [0.5, 0.6) is 11.5 Å². The molecule has 8 heteroatoms. The summed E-state index contributed by atoms with van der Waals surface area (Å²) in [5, 5.41) is 6.63. The van der Waals surface area contributed by atoms with Gasteiger partial charge in [-0.05, 0) is 60.5 Å². The Morgan fingerprint density at radius 2 is 1.74 bits per heavy atom. The summed E-state index contributed by atoms with van der Waals surface area (Å²) in [7, 11) is 1.64. The molecule has 0 saturated carbocycles. The summed E-state index contributed by atoms with van der Waals surface area (Å²) in [5.74, 6) is 1.34. The molecule has 0 saturated heterocycles. The third-order valence-electron chi connectivity index (χ3n) is 5.11. The highest BCUT2D eigenvalue weighted by molar-refractivity contribution is 7.13. The molecule has 0 radical (unpaired) electrons. The summed E-state index contributed by atoms with van der Waals surface area (Å²) in [6.45, 7) is 0.870. The number of ether oxygens (including phenoxy) is 2. The maximum absolute atomic E-state index is 12.5. The molecule has 1 amide bonds. The molecule has 0 aliphatic heterocycles. The van der Waals surface area contributed by atoms with Crippen molar-refractivity contribution < 1.29 is 14.3 Å². The van der Waals surface area contributed by atoms with Crippen molar-refractivity contribution >= 4 is 40.4 Å². The van der Waals surface area contributed by atoms with Crippen LogP contribution in [0.4, 0.5) is 0 Å². The van der Waals surface area contributed by atoms with Crippen LogP contribution >= 0.6 is 34.5 Å². The average molecular weight is 513 g/mol. The molecule has 34 heavy (non-hydrogen) atoms. The molecule has 0 atom stereocenters. The van der Waals surface area contributed by atoms with Crippen molar-refractivity contribution in [2.45, 2.75) is 13.0 Å². The zero-order chi connectivity index (χ0) is 23.9. The first-order valence-corrected chi connectivity index (χ1v) is 12.2. The number of nitrogens with zero attached hydrogens (tertiary/aromatic N) is 1. The lowest BCUT2D eigenvalue weighted by atomic mass is 10.1. The lowest BCUT2D eigenvalue weighted by molar-refractivity contribution is 0.0950. The van der Waals surface area contributed by atoms with Crippen LogP contribution in [0.2, 0.25) is 10.0 Å². The van der Waals surface area contributed by atoms with Gasteiger partial charge in [0.15, 0.2) is 0 Å². The molecule has 0 aliphatic carbocycles. The van der Waals surface area contributed by atoms with Crippen molar-refractivity contribution in [2.75, 3.05) is 13.7 Å². The normalized spacial score (nSPS) is 10.7. The Balaban J connectivity index is 1.29. The van der Waals surface area contributed by atoms with Gasteiger partial charge in [-0.25, -0.2) is 4.98 Å². The SMILES string of the molecule is COc1ccc(CCNC(=O)c2csc(-c3ccc(OCc4ccc(Cl)cc4Cl)cc3)n2)cc1. The fourth-order valence-corrected chi connectivity index (χ4v) is 4.48. The van der Waals surface area contributed by atoms with Crippen molar-refractivity contribution in [3.8, 4) is 22.1 Å². The minimum Gasteiger partial charge on any atom is -0.497 e. The molecular formula is C26H22Cl2N2O3S.